The van der Waals surface area contributed by atoms with Crippen LogP contribution in [0.1, 0.15) is 0 Å². The van der Waals surface area contributed by atoms with Crippen LogP contribution in [-0.2, 0) is 45.6 Å². The van der Waals surface area contributed by atoms with E-state index in [9.17, 15) is 0 Å². The van der Waals surface area contributed by atoms with E-state index < -0.39 is 0 Å². The van der Waals surface area contributed by atoms with Crippen LogP contribution in [-0.4, -0.2) is 0 Å². The predicted molar refractivity (Wildman–Crippen MR) is 22.1 cm³/mol. The average Bonchev–Trinajstić information content (AvgIpc) is 1.37. The minimum atomic E-state index is 1.39. The molecule has 0 rings (SSSR count). The third kappa shape index (κ3) is 3.35. The molecule has 4 heteroatoms. The van der Waals surface area contributed by atoms with Gasteiger partial charge in [-0.2, -0.15) is 0 Å². The second-order valence-corrected chi connectivity index (χ2v) is 6.85. The summed E-state index contributed by atoms with van der Waals surface area (Å²) in [5, 5.41) is 0. The third-order valence-corrected chi connectivity index (χ3v) is 6.14. The van der Waals surface area contributed by atoms with Gasteiger partial charge < -0.3 is 0 Å². The zero-order valence-corrected chi connectivity index (χ0v) is 7.02. The number of hydrogen-bond acceptors (Lipinski definition) is 1. The van der Waals surface area contributed by atoms with Crippen LogP contribution in [0.4, 0.5) is 0 Å². The van der Waals surface area contributed by atoms with Gasteiger partial charge in [0, 0.05) is 0 Å². The molecule has 0 nitrogen and oxygen atoms in total. The Morgan fingerprint density at radius 3 is 2.00 bits per heavy atom. The average molecular weight is 280 g/mol. The molecule has 4 heavy (non-hydrogen) atoms. The monoisotopic (exact) mass is 280 g/mol. The molecule has 0 aliphatic heterocycles. The van der Waals surface area contributed by atoms with Crippen LogP contribution in [0.3, 0.4) is 0 Å². The third-order valence-electron chi connectivity index (χ3n) is 0.0278. The van der Waals surface area contributed by atoms with E-state index >= 15 is 0 Å². The molecule has 0 amide bonds. The van der Waals surface area contributed by atoms with Crippen LogP contribution in [0.2, 0.25) is 0 Å². The molecule has 0 aromatic carbocycles. The Morgan fingerprint density at radius 1 is 1.75 bits per heavy atom. The molecule has 0 unspecified atom stereocenters. The van der Waals surface area contributed by atoms with E-state index in [0.29, 0.717) is 0 Å². The van der Waals surface area contributed by atoms with Gasteiger partial charge in [-0.05, 0) is 0 Å². The van der Waals surface area contributed by atoms with Crippen molar-refractivity contribution < 1.29 is 18.0 Å². The fourth-order valence-corrected chi connectivity index (χ4v) is 0. The molecule has 0 atom stereocenters. The van der Waals surface area contributed by atoms with E-state index in [-0.39, 0.29) is 0 Å². The molecule has 0 aromatic heterocycles. The summed E-state index contributed by atoms with van der Waals surface area (Å²) in [5.41, 5.74) is 0. The van der Waals surface area contributed by atoms with Crippen LogP contribution in [0.5, 0.6) is 0 Å². The van der Waals surface area contributed by atoms with Crippen LogP contribution in [0.15, 0.2) is 0 Å². The molecule has 0 aromatic rings. The zero-order chi connectivity index (χ0) is 3.41. The van der Waals surface area contributed by atoms with E-state index in [2.05, 4.69) is 11.2 Å². The van der Waals surface area contributed by atoms with Crippen molar-refractivity contribution in [3.8, 4) is 0 Å². The molecular weight excluding hydrogens is 280 g/mol. The second-order valence-electron chi connectivity index (χ2n) is 0.136. The first-order valence-electron chi connectivity index (χ1n) is 0.500. The molecule has 0 spiro atoms. The zero-order valence-electron chi connectivity index (χ0n) is 1.63. The van der Waals surface area contributed by atoms with Crippen molar-refractivity contribution in [3.05, 3.63) is 0 Å². The molecule has 0 radical (unpaired) electrons. The first kappa shape index (κ1) is 5.35. The molecule has 0 fully saturated rings. The summed E-state index contributed by atoms with van der Waals surface area (Å²) < 4.78 is 0. The van der Waals surface area contributed by atoms with Crippen molar-refractivity contribution in [1.29, 1.82) is 0 Å². The van der Waals surface area contributed by atoms with Gasteiger partial charge in [0.15, 0.2) is 0 Å². The first-order chi connectivity index (χ1) is 1.91. The van der Waals surface area contributed by atoms with Crippen molar-refractivity contribution in [1.82, 2.24) is 0 Å². The van der Waals surface area contributed by atoms with Crippen molar-refractivity contribution in [2.75, 3.05) is 0 Å². The van der Waals surface area contributed by atoms with Gasteiger partial charge in [0.2, 0.25) is 0 Å². The van der Waals surface area contributed by atoms with E-state index in [1.54, 1.807) is 7.51 Å². The van der Waals surface area contributed by atoms with Crippen molar-refractivity contribution >= 4 is 27.6 Å². The predicted octanol–water partition coefficient (Wildman–Crippen LogP) is -0.00970. The molecular formula is S3W. The molecule has 0 aliphatic rings. The SMILES string of the molecule is S=S=[S]=[W]. The molecule has 0 saturated heterocycles. The molecule has 0 heterocycles. The Morgan fingerprint density at radius 2 is 2.00 bits per heavy atom. The van der Waals surface area contributed by atoms with Crippen LogP contribution in [0, 0.1) is 0 Å². The van der Waals surface area contributed by atoms with Gasteiger partial charge >= 0.3 is 45.6 Å². The van der Waals surface area contributed by atoms with Gasteiger partial charge in [-0.1, -0.05) is 0 Å². The van der Waals surface area contributed by atoms with Gasteiger partial charge in [-0.25, -0.2) is 0 Å². The van der Waals surface area contributed by atoms with E-state index in [0.717, 1.165) is 0 Å². The van der Waals surface area contributed by atoms with Gasteiger partial charge in [-0.3, -0.25) is 0 Å². The second kappa shape index (κ2) is 4.35. The summed E-state index contributed by atoms with van der Waals surface area (Å²) in [5.74, 6) is 0. The molecule has 24 valence electrons. The topological polar surface area (TPSA) is 0 Å². The normalized spacial score (nSPS) is 5.00. The van der Waals surface area contributed by atoms with Crippen molar-refractivity contribution in [2.24, 2.45) is 0 Å². The van der Waals surface area contributed by atoms with E-state index in [4.69, 9.17) is 0 Å². The van der Waals surface area contributed by atoms with E-state index in [1.807, 2.05) is 0 Å². The fourth-order valence-electron chi connectivity index (χ4n) is 0. The molecule has 0 N–H and O–H groups in total. The summed E-state index contributed by atoms with van der Waals surface area (Å²) in [6, 6.07) is 0. The molecule has 0 aliphatic carbocycles. The Hall–Kier alpha value is 1.35. The summed E-state index contributed by atoms with van der Waals surface area (Å²) >= 11 is 5.94. The fraction of sp³-hybridized carbons (Fsp3) is 0. The Kier molecular flexibility index (Phi) is 5.81. The summed E-state index contributed by atoms with van der Waals surface area (Å²) in [6.07, 6.45) is 0. The maximum atomic E-state index is 4.45. The molecule has 0 saturated carbocycles. The summed E-state index contributed by atoms with van der Waals surface area (Å²) in [7, 11) is 3.06. The van der Waals surface area contributed by atoms with Gasteiger partial charge in [0.25, 0.3) is 0 Å². The minimum absolute atomic E-state index is 1.39. The first-order valence-corrected chi connectivity index (χ1v) is 7.09. The number of rotatable bonds is 0. The van der Waals surface area contributed by atoms with Gasteiger partial charge in [0.05, 0.1) is 0 Å². The Balaban J connectivity index is 3.95. The summed E-state index contributed by atoms with van der Waals surface area (Å²) in [4.78, 5) is 0. The Bertz CT molecular complexity index is 53.4. The van der Waals surface area contributed by atoms with Crippen LogP contribution < -0.4 is 0 Å². The number of hydrogen-bond donors (Lipinski definition) is 0. The van der Waals surface area contributed by atoms with Crippen molar-refractivity contribution in [2.45, 2.75) is 0 Å². The summed E-state index contributed by atoms with van der Waals surface area (Å²) in [6.45, 7) is 0. The van der Waals surface area contributed by atoms with Crippen molar-refractivity contribution in [3.63, 3.8) is 0 Å². The van der Waals surface area contributed by atoms with Gasteiger partial charge in [-0.15, -0.1) is 0 Å². The standard InChI is InChI=1S/S3.W/c1-3-2;. The Labute approximate surface area is 45.4 Å². The van der Waals surface area contributed by atoms with E-state index in [1.165, 1.54) is 26.9 Å². The van der Waals surface area contributed by atoms with Crippen LogP contribution >= 0.6 is 0 Å². The quantitative estimate of drug-likeness (QED) is 0.601. The van der Waals surface area contributed by atoms with Gasteiger partial charge in [0.1, 0.15) is 0 Å². The maximum absolute atomic E-state index is 4.45. The van der Waals surface area contributed by atoms with Crippen LogP contribution in [0.25, 0.3) is 0 Å². The molecule has 0 bridgehead atoms.